The largest absolute Gasteiger partial charge is 0.469 e. The van der Waals surface area contributed by atoms with E-state index in [2.05, 4.69) is 15.5 Å². The van der Waals surface area contributed by atoms with E-state index in [1.807, 2.05) is 44.2 Å². The fraction of sp³-hybridized carbons (Fsp3) is 0.389. The minimum absolute atomic E-state index is 0.166. The van der Waals surface area contributed by atoms with Crippen LogP contribution < -0.4 is 5.32 Å². The lowest BCUT2D eigenvalue weighted by Gasteiger charge is -2.16. The van der Waals surface area contributed by atoms with Crippen molar-refractivity contribution in [1.82, 2.24) is 15.5 Å². The highest BCUT2D eigenvalue weighted by Gasteiger charge is 2.21. The summed E-state index contributed by atoms with van der Waals surface area (Å²) in [7, 11) is 1.36. The maximum atomic E-state index is 12.0. The van der Waals surface area contributed by atoms with Gasteiger partial charge in [0, 0.05) is 12.2 Å². The quantitative estimate of drug-likeness (QED) is 0.758. The minimum atomic E-state index is -0.416. The second-order valence-electron chi connectivity index (χ2n) is 5.87. The number of amides is 1. The Kier molecular flexibility index (Phi) is 6.12. The maximum absolute atomic E-state index is 12.0. The van der Waals surface area contributed by atoms with Crippen LogP contribution in [0.5, 0.6) is 0 Å². The molecule has 1 atom stereocenters. The summed E-state index contributed by atoms with van der Waals surface area (Å²) in [4.78, 5) is 24.1. The second-order valence-corrected chi connectivity index (χ2v) is 5.87. The molecule has 2 aromatic rings. The number of aromatic nitrogens is 2. The maximum Gasteiger partial charge on any atom is 0.310 e. The molecule has 128 valence electrons. The zero-order chi connectivity index (χ0) is 17.5. The van der Waals surface area contributed by atoms with Crippen molar-refractivity contribution in [2.45, 2.75) is 26.7 Å². The average Bonchev–Trinajstić information content (AvgIpc) is 2.97. The van der Waals surface area contributed by atoms with E-state index in [1.54, 1.807) is 0 Å². The molecular formula is C18H23N3O3. The monoisotopic (exact) mass is 329 g/mol. The van der Waals surface area contributed by atoms with Crippen LogP contribution in [0.3, 0.4) is 0 Å². The van der Waals surface area contributed by atoms with Gasteiger partial charge in [-0.05, 0) is 37.5 Å². The first-order valence-corrected chi connectivity index (χ1v) is 7.89. The van der Waals surface area contributed by atoms with Crippen LogP contribution in [0.4, 0.5) is 0 Å². The molecule has 6 nitrogen and oxygen atoms in total. The highest BCUT2D eigenvalue weighted by atomic mass is 16.5. The molecule has 2 N–H and O–H groups in total. The van der Waals surface area contributed by atoms with Crippen LogP contribution in [0.25, 0.3) is 0 Å². The van der Waals surface area contributed by atoms with Gasteiger partial charge in [-0.2, -0.15) is 5.10 Å². The Hall–Kier alpha value is -2.63. The van der Waals surface area contributed by atoms with Gasteiger partial charge in [0.25, 0.3) is 0 Å². The number of carbonyl (C=O) groups is 2. The Morgan fingerprint density at radius 3 is 2.67 bits per heavy atom. The third-order valence-corrected chi connectivity index (χ3v) is 3.91. The van der Waals surface area contributed by atoms with Crippen molar-refractivity contribution >= 4 is 11.9 Å². The van der Waals surface area contributed by atoms with Crippen LogP contribution in [-0.2, 0) is 27.2 Å². The Morgan fingerprint density at radius 2 is 2.04 bits per heavy atom. The fourth-order valence-corrected chi connectivity index (χ4v) is 2.54. The summed E-state index contributed by atoms with van der Waals surface area (Å²) in [5.41, 5.74) is 3.78. The van der Waals surface area contributed by atoms with E-state index < -0.39 is 5.92 Å². The van der Waals surface area contributed by atoms with Crippen LogP contribution in [0, 0.1) is 19.8 Å². The molecule has 1 amide bonds. The van der Waals surface area contributed by atoms with Gasteiger partial charge in [0.05, 0.1) is 25.1 Å². The topological polar surface area (TPSA) is 84.1 Å². The van der Waals surface area contributed by atoms with Gasteiger partial charge in [-0.15, -0.1) is 0 Å². The number of esters is 1. The summed E-state index contributed by atoms with van der Waals surface area (Å²) in [6, 6.07) is 9.71. The molecule has 0 unspecified atom stereocenters. The molecule has 1 heterocycles. The second kappa shape index (κ2) is 8.29. The molecule has 0 spiro atoms. The van der Waals surface area contributed by atoms with Crippen LogP contribution in [0.2, 0.25) is 0 Å². The summed E-state index contributed by atoms with van der Waals surface area (Å²) >= 11 is 0. The summed E-state index contributed by atoms with van der Waals surface area (Å²) < 4.78 is 4.87. The standard InChI is InChI=1S/C18H23N3O3/c1-12-6-4-5-7-14(12)9-15(18(23)24-3)11-19-17(22)10-16-8-13(2)20-21-16/h4-8,15H,9-11H2,1-3H3,(H,19,22)(H,20,21)/t15-/m0/s1. The van der Waals surface area contributed by atoms with Crippen LogP contribution >= 0.6 is 0 Å². The molecule has 0 radical (unpaired) electrons. The number of methoxy groups -OCH3 is 1. The lowest BCUT2D eigenvalue weighted by molar-refractivity contribution is -0.145. The number of ether oxygens (including phenoxy) is 1. The minimum Gasteiger partial charge on any atom is -0.469 e. The Balaban J connectivity index is 1.95. The first-order valence-electron chi connectivity index (χ1n) is 7.89. The van der Waals surface area contributed by atoms with Gasteiger partial charge < -0.3 is 10.1 Å². The van der Waals surface area contributed by atoms with Gasteiger partial charge in [-0.1, -0.05) is 24.3 Å². The van der Waals surface area contributed by atoms with Gasteiger partial charge in [0.15, 0.2) is 0 Å². The lowest BCUT2D eigenvalue weighted by atomic mass is 9.96. The zero-order valence-corrected chi connectivity index (χ0v) is 14.3. The predicted octanol–water partition coefficient (Wildman–Crippen LogP) is 1.72. The number of aromatic amines is 1. The summed E-state index contributed by atoms with van der Waals surface area (Å²) in [6.07, 6.45) is 0.712. The third-order valence-electron chi connectivity index (χ3n) is 3.91. The number of nitrogens with one attached hydrogen (secondary N) is 2. The Bertz CT molecular complexity index is 709. The van der Waals surface area contributed by atoms with Crippen molar-refractivity contribution in [3.05, 3.63) is 52.8 Å². The highest BCUT2D eigenvalue weighted by molar-refractivity contribution is 5.79. The molecule has 0 aliphatic rings. The van der Waals surface area contributed by atoms with E-state index in [4.69, 9.17) is 4.74 Å². The predicted molar refractivity (Wildman–Crippen MR) is 90.4 cm³/mol. The molecule has 0 saturated heterocycles. The van der Waals surface area contributed by atoms with Crippen LogP contribution in [0.1, 0.15) is 22.5 Å². The molecule has 6 heteroatoms. The van der Waals surface area contributed by atoms with E-state index in [0.29, 0.717) is 12.1 Å². The van der Waals surface area contributed by atoms with Gasteiger partial charge in [0.2, 0.25) is 5.91 Å². The molecule has 1 aromatic carbocycles. The van der Waals surface area contributed by atoms with Crippen molar-refractivity contribution in [3.63, 3.8) is 0 Å². The van der Waals surface area contributed by atoms with E-state index in [0.717, 1.165) is 16.8 Å². The fourth-order valence-electron chi connectivity index (χ4n) is 2.54. The van der Waals surface area contributed by atoms with Crippen molar-refractivity contribution in [1.29, 1.82) is 0 Å². The Labute approximate surface area is 141 Å². The number of hydrogen-bond acceptors (Lipinski definition) is 4. The number of aryl methyl sites for hydroxylation is 2. The van der Waals surface area contributed by atoms with Crippen LogP contribution in [0.15, 0.2) is 30.3 Å². The number of nitrogens with zero attached hydrogens (tertiary/aromatic N) is 1. The van der Waals surface area contributed by atoms with E-state index >= 15 is 0 Å². The van der Waals surface area contributed by atoms with Gasteiger partial charge in [-0.3, -0.25) is 14.7 Å². The first-order chi connectivity index (χ1) is 11.5. The smallest absolute Gasteiger partial charge is 0.310 e. The number of hydrogen-bond donors (Lipinski definition) is 2. The summed E-state index contributed by atoms with van der Waals surface area (Å²) in [5.74, 6) is -0.907. The number of carbonyl (C=O) groups excluding carboxylic acids is 2. The molecule has 0 bridgehead atoms. The Morgan fingerprint density at radius 1 is 1.29 bits per heavy atom. The first kappa shape index (κ1) is 17.7. The molecule has 0 fully saturated rings. The zero-order valence-electron chi connectivity index (χ0n) is 14.3. The number of H-pyrrole nitrogens is 1. The number of rotatable bonds is 7. The molecular weight excluding hydrogens is 306 g/mol. The lowest BCUT2D eigenvalue weighted by Crippen LogP contribution is -2.35. The van der Waals surface area contributed by atoms with Crippen molar-refractivity contribution in [2.24, 2.45) is 5.92 Å². The van der Waals surface area contributed by atoms with Crippen LogP contribution in [-0.4, -0.2) is 35.7 Å². The normalized spacial score (nSPS) is 11.8. The molecule has 24 heavy (non-hydrogen) atoms. The molecule has 1 aromatic heterocycles. The van der Waals surface area contributed by atoms with Gasteiger partial charge in [-0.25, -0.2) is 0 Å². The summed E-state index contributed by atoms with van der Waals surface area (Å²) in [6.45, 7) is 4.12. The van der Waals surface area contributed by atoms with Gasteiger partial charge in [0.1, 0.15) is 0 Å². The van der Waals surface area contributed by atoms with E-state index in [9.17, 15) is 9.59 Å². The van der Waals surface area contributed by atoms with Gasteiger partial charge >= 0.3 is 5.97 Å². The highest BCUT2D eigenvalue weighted by Crippen LogP contribution is 2.14. The SMILES string of the molecule is COC(=O)[C@H](CNC(=O)Cc1cc(C)[nH]n1)Cc1ccccc1C. The molecule has 0 aliphatic carbocycles. The number of benzene rings is 1. The molecule has 2 rings (SSSR count). The van der Waals surface area contributed by atoms with Crippen molar-refractivity contribution in [3.8, 4) is 0 Å². The third kappa shape index (κ3) is 4.94. The van der Waals surface area contributed by atoms with E-state index in [1.165, 1.54) is 7.11 Å². The van der Waals surface area contributed by atoms with Crippen molar-refractivity contribution < 1.29 is 14.3 Å². The summed E-state index contributed by atoms with van der Waals surface area (Å²) in [5, 5.41) is 9.64. The molecule has 0 aliphatic heterocycles. The van der Waals surface area contributed by atoms with E-state index in [-0.39, 0.29) is 24.8 Å². The van der Waals surface area contributed by atoms with Crippen molar-refractivity contribution in [2.75, 3.05) is 13.7 Å². The average molecular weight is 329 g/mol. The molecule has 0 saturated carbocycles.